The molecule has 1 rings (SSSR count). The minimum absolute atomic E-state index is 0.0744. The fraction of sp³-hybridized carbons (Fsp3) is 0.600. The Morgan fingerprint density at radius 1 is 1.80 bits per heavy atom. The molecule has 0 amide bonds. The number of nitrogens with one attached hydrogen (secondary N) is 1. The van der Waals surface area contributed by atoms with Crippen LogP contribution in [0.15, 0.2) is 5.10 Å². The molecule has 0 fully saturated rings. The summed E-state index contributed by atoms with van der Waals surface area (Å²) in [6.07, 6.45) is 0.0392. The van der Waals surface area contributed by atoms with Gasteiger partial charge in [0.05, 0.1) is 0 Å². The van der Waals surface area contributed by atoms with Crippen molar-refractivity contribution in [1.29, 1.82) is 0 Å². The molecule has 1 heterocycles. The molecule has 3 N–H and O–H groups in total. The first-order valence-electron chi connectivity index (χ1n) is 2.93. The zero-order valence-corrected chi connectivity index (χ0v) is 5.24. The van der Waals surface area contributed by atoms with E-state index < -0.39 is 12.2 Å². The average molecular weight is 144 g/mol. The van der Waals surface area contributed by atoms with Crippen molar-refractivity contribution in [3.63, 3.8) is 0 Å². The molecule has 0 aromatic carbocycles. The zero-order chi connectivity index (χ0) is 7.56. The van der Waals surface area contributed by atoms with Crippen LogP contribution in [0, 0.1) is 0 Å². The van der Waals surface area contributed by atoms with Crippen LogP contribution >= 0.6 is 0 Å². The van der Waals surface area contributed by atoms with Gasteiger partial charge in [-0.1, -0.05) is 0 Å². The Kier molecular flexibility index (Phi) is 1.86. The van der Waals surface area contributed by atoms with E-state index in [0.29, 0.717) is 12.8 Å². The van der Waals surface area contributed by atoms with Crippen molar-refractivity contribution in [3.05, 3.63) is 0 Å². The number of nitrogens with zero attached hydrogens (tertiary/aromatic N) is 1. The van der Waals surface area contributed by atoms with Crippen LogP contribution in [0.1, 0.15) is 12.8 Å². The molecule has 0 aliphatic carbocycles. The van der Waals surface area contributed by atoms with Gasteiger partial charge < -0.3 is 10.2 Å². The highest BCUT2D eigenvalue weighted by molar-refractivity contribution is 6.35. The summed E-state index contributed by atoms with van der Waals surface area (Å²) in [5.41, 5.74) is 2.35. The lowest BCUT2D eigenvalue weighted by Gasteiger charge is -2.15. The number of carbonyl (C=O) groups is 1. The number of aliphatic hydroxyl groups excluding tert-OH is 1. The fourth-order valence-corrected chi connectivity index (χ4v) is 0.701. The predicted octanol–water partition coefficient (Wildman–Crippen LogP) is -0.871. The maximum absolute atomic E-state index is 10.2. The standard InChI is InChI=1S/C5H8N2O3/c8-4-2-1-3(5(9)10)6-7-4/h4,7-8H,1-2H2,(H,9,10). The summed E-state index contributed by atoms with van der Waals surface area (Å²) in [7, 11) is 0. The summed E-state index contributed by atoms with van der Waals surface area (Å²) < 4.78 is 0. The van der Waals surface area contributed by atoms with Crippen LogP contribution in [0.25, 0.3) is 0 Å². The summed E-state index contributed by atoms with van der Waals surface area (Å²) in [5, 5.41) is 20.6. The minimum atomic E-state index is -1.03. The van der Waals surface area contributed by atoms with E-state index in [1.807, 2.05) is 0 Å². The van der Waals surface area contributed by atoms with Crippen molar-refractivity contribution < 1.29 is 15.0 Å². The molecule has 0 aromatic heterocycles. The lowest BCUT2D eigenvalue weighted by Crippen LogP contribution is -2.33. The molecule has 0 spiro atoms. The molecule has 5 heteroatoms. The van der Waals surface area contributed by atoms with Crippen LogP contribution in [-0.2, 0) is 4.79 Å². The van der Waals surface area contributed by atoms with Gasteiger partial charge in [-0.2, -0.15) is 5.10 Å². The molecule has 0 aromatic rings. The fourth-order valence-electron chi connectivity index (χ4n) is 0.701. The van der Waals surface area contributed by atoms with Crippen LogP contribution in [-0.4, -0.2) is 28.1 Å². The van der Waals surface area contributed by atoms with Gasteiger partial charge in [0.15, 0.2) is 0 Å². The van der Waals surface area contributed by atoms with Gasteiger partial charge >= 0.3 is 5.97 Å². The number of rotatable bonds is 1. The third kappa shape index (κ3) is 1.44. The second kappa shape index (κ2) is 2.66. The quantitative estimate of drug-likeness (QED) is 0.446. The van der Waals surface area contributed by atoms with Gasteiger partial charge in [-0.05, 0) is 6.42 Å². The van der Waals surface area contributed by atoms with Gasteiger partial charge in [-0.25, -0.2) is 4.79 Å². The second-order valence-corrected chi connectivity index (χ2v) is 2.05. The average Bonchev–Trinajstić information content (AvgIpc) is 1.88. The number of hydrogen-bond donors (Lipinski definition) is 3. The lowest BCUT2D eigenvalue weighted by atomic mass is 10.2. The van der Waals surface area contributed by atoms with E-state index in [0.717, 1.165) is 0 Å². The summed E-state index contributed by atoms with van der Waals surface area (Å²) in [4.78, 5) is 10.2. The topological polar surface area (TPSA) is 81.9 Å². The molecule has 1 aliphatic rings. The van der Waals surface area contributed by atoms with E-state index in [9.17, 15) is 4.79 Å². The minimum Gasteiger partial charge on any atom is -0.477 e. The van der Waals surface area contributed by atoms with Gasteiger partial charge in [0.25, 0.3) is 0 Å². The Labute approximate surface area is 57.4 Å². The molecule has 1 aliphatic heterocycles. The third-order valence-electron chi connectivity index (χ3n) is 1.25. The molecule has 0 saturated carbocycles. The smallest absolute Gasteiger partial charge is 0.352 e. The van der Waals surface area contributed by atoms with Crippen LogP contribution in [0.5, 0.6) is 0 Å². The molecule has 1 unspecified atom stereocenters. The first-order valence-corrected chi connectivity index (χ1v) is 2.93. The summed E-state index contributed by atoms with van der Waals surface area (Å²) in [6.45, 7) is 0. The van der Waals surface area contributed by atoms with Crippen molar-refractivity contribution in [1.82, 2.24) is 5.43 Å². The number of aliphatic hydroxyl groups is 1. The molecule has 1 atom stereocenters. The van der Waals surface area contributed by atoms with Gasteiger partial charge in [0.1, 0.15) is 11.9 Å². The van der Waals surface area contributed by atoms with Crippen LogP contribution in [0.2, 0.25) is 0 Å². The molecule has 5 nitrogen and oxygen atoms in total. The Morgan fingerprint density at radius 2 is 2.50 bits per heavy atom. The predicted molar refractivity (Wildman–Crippen MR) is 33.4 cm³/mol. The number of carboxylic acids is 1. The molecule has 0 saturated heterocycles. The van der Waals surface area contributed by atoms with E-state index in [2.05, 4.69) is 10.5 Å². The van der Waals surface area contributed by atoms with E-state index in [4.69, 9.17) is 10.2 Å². The Bertz CT molecular complexity index is 178. The maximum atomic E-state index is 10.2. The summed E-state index contributed by atoms with van der Waals surface area (Å²) in [5.74, 6) is -1.03. The van der Waals surface area contributed by atoms with Crippen molar-refractivity contribution in [2.75, 3.05) is 0 Å². The lowest BCUT2D eigenvalue weighted by molar-refractivity contribution is -0.129. The number of aliphatic carboxylic acids is 1. The first-order chi connectivity index (χ1) is 4.70. The number of hydrazone groups is 1. The Balaban J connectivity index is 2.56. The third-order valence-corrected chi connectivity index (χ3v) is 1.25. The Hall–Kier alpha value is -1.10. The summed E-state index contributed by atoms with van der Waals surface area (Å²) >= 11 is 0. The highest BCUT2D eigenvalue weighted by Crippen LogP contribution is 2.02. The molecule has 0 bridgehead atoms. The molecular weight excluding hydrogens is 136 g/mol. The monoisotopic (exact) mass is 144 g/mol. The van der Waals surface area contributed by atoms with Gasteiger partial charge in [0.2, 0.25) is 0 Å². The number of carboxylic acid groups (broad SMARTS) is 1. The van der Waals surface area contributed by atoms with Crippen LogP contribution < -0.4 is 5.43 Å². The maximum Gasteiger partial charge on any atom is 0.352 e. The van der Waals surface area contributed by atoms with E-state index in [1.54, 1.807) is 0 Å². The van der Waals surface area contributed by atoms with Crippen LogP contribution in [0.4, 0.5) is 0 Å². The highest BCUT2D eigenvalue weighted by atomic mass is 16.4. The zero-order valence-electron chi connectivity index (χ0n) is 5.24. The first kappa shape index (κ1) is 7.01. The van der Waals surface area contributed by atoms with Gasteiger partial charge in [-0.15, -0.1) is 0 Å². The largest absolute Gasteiger partial charge is 0.477 e. The van der Waals surface area contributed by atoms with E-state index >= 15 is 0 Å². The van der Waals surface area contributed by atoms with Gasteiger partial charge in [0, 0.05) is 6.42 Å². The highest BCUT2D eigenvalue weighted by Gasteiger charge is 2.16. The van der Waals surface area contributed by atoms with Crippen molar-refractivity contribution in [2.24, 2.45) is 5.10 Å². The van der Waals surface area contributed by atoms with Crippen molar-refractivity contribution >= 4 is 11.7 Å². The number of hydrogen-bond acceptors (Lipinski definition) is 4. The SMILES string of the molecule is O=C(O)C1=NNC(O)CC1. The Morgan fingerprint density at radius 3 is 2.90 bits per heavy atom. The van der Waals surface area contributed by atoms with Crippen LogP contribution in [0.3, 0.4) is 0 Å². The second-order valence-electron chi connectivity index (χ2n) is 2.05. The van der Waals surface area contributed by atoms with E-state index in [1.165, 1.54) is 0 Å². The molecule has 10 heavy (non-hydrogen) atoms. The molecule has 0 radical (unpaired) electrons. The van der Waals surface area contributed by atoms with Crippen molar-refractivity contribution in [3.8, 4) is 0 Å². The molecular formula is C5H8N2O3. The summed E-state index contributed by atoms with van der Waals surface area (Å²) in [6, 6.07) is 0. The van der Waals surface area contributed by atoms with Crippen molar-refractivity contribution in [2.45, 2.75) is 19.1 Å². The molecule has 56 valence electrons. The van der Waals surface area contributed by atoms with Gasteiger partial charge in [-0.3, -0.25) is 5.43 Å². The normalized spacial score (nSPS) is 24.9. The van der Waals surface area contributed by atoms with E-state index in [-0.39, 0.29) is 5.71 Å².